The van der Waals surface area contributed by atoms with Crippen LogP contribution in [0.3, 0.4) is 0 Å². The number of nitrogens with one attached hydrogen (secondary N) is 1. The molecule has 0 aliphatic carbocycles. The monoisotopic (exact) mass is 445 g/mol. The SMILES string of the molecule is CC(C)CC(C(=O)O)c1cc(Nc2ccc(F)cc2)cc(-c2ccc(C(F)(F)F)cc2)c1. The van der Waals surface area contributed by atoms with Gasteiger partial charge in [0.15, 0.2) is 0 Å². The van der Waals surface area contributed by atoms with Gasteiger partial charge in [0.25, 0.3) is 0 Å². The first-order chi connectivity index (χ1) is 15.0. The Morgan fingerprint density at radius 1 is 0.906 bits per heavy atom. The molecule has 0 saturated heterocycles. The zero-order valence-corrected chi connectivity index (χ0v) is 17.6. The minimum absolute atomic E-state index is 0.124. The molecule has 3 aromatic carbocycles. The van der Waals surface area contributed by atoms with Gasteiger partial charge >= 0.3 is 12.1 Å². The second kappa shape index (κ2) is 9.42. The number of benzene rings is 3. The van der Waals surface area contributed by atoms with E-state index in [1.807, 2.05) is 13.8 Å². The molecular formula is C25H23F4NO2. The number of carbonyl (C=O) groups is 1. The van der Waals surface area contributed by atoms with Gasteiger partial charge in [-0.2, -0.15) is 13.2 Å². The van der Waals surface area contributed by atoms with E-state index in [9.17, 15) is 27.5 Å². The Kier molecular flexibility index (Phi) is 6.87. The van der Waals surface area contributed by atoms with Crippen molar-refractivity contribution in [3.05, 3.63) is 83.7 Å². The number of halogens is 4. The topological polar surface area (TPSA) is 49.3 Å². The Balaban J connectivity index is 2.06. The highest BCUT2D eigenvalue weighted by Gasteiger charge is 2.30. The van der Waals surface area contributed by atoms with Crippen molar-refractivity contribution in [2.24, 2.45) is 5.92 Å². The largest absolute Gasteiger partial charge is 0.481 e. The predicted molar refractivity (Wildman–Crippen MR) is 116 cm³/mol. The van der Waals surface area contributed by atoms with E-state index in [0.717, 1.165) is 12.1 Å². The van der Waals surface area contributed by atoms with Crippen LogP contribution < -0.4 is 5.32 Å². The normalized spacial score (nSPS) is 12.6. The van der Waals surface area contributed by atoms with Crippen LogP contribution in [0.5, 0.6) is 0 Å². The second-order valence-electron chi connectivity index (χ2n) is 8.07. The van der Waals surface area contributed by atoms with Crippen LogP contribution in [-0.2, 0) is 11.0 Å². The number of anilines is 2. The predicted octanol–water partition coefficient (Wildman–Crippen LogP) is 7.47. The number of carboxylic acid groups (broad SMARTS) is 1. The molecule has 3 aromatic rings. The van der Waals surface area contributed by atoms with Gasteiger partial charge in [-0.15, -0.1) is 0 Å². The molecule has 0 heterocycles. The molecule has 2 N–H and O–H groups in total. The van der Waals surface area contributed by atoms with E-state index < -0.39 is 29.4 Å². The fourth-order valence-corrected chi connectivity index (χ4v) is 3.49. The molecule has 0 aliphatic heterocycles. The molecule has 0 saturated carbocycles. The summed E-state index contributed by atoms with van der Waals surface area (Å²) >= 11 is 0. The van der Waals surface area contributed by atoms with Crippen LogP contribution in [-0.4, -0.2) is 11.1 Å². The smallest absolute Gasteiger partial charge is 0.416 e. The Labute approximate surface area is 183 Å². The van der Waals surface area contributed by atoms with Gasteiger partial charge in [0.05, 0.1) is 11.5 Å². The van der Waals surface area contributed by atoms with Crippen molar-refractivity contribution in [1.29, 1.82) is 0 Å². The lowest BCUT2D eigenvalue weighted by Crippen LogP contribution is -2.14. The van der Waals surface area contributed by atoms with E-state index in [1.54, 1.807) is 30.3 Å². The molecule has 168 valence electrons. The van der Waals surface area contributed by atoms with Crippen LogP contribution in [0.15, 0.2) is 66.7 Å². The maximum Gasteiger partial charge on any atom is 0.416 e. The molecule has 0 radical (unpaired) electrons. The van der Waals surface area contributed by atoms with Crippen molar-refractivity contribution >= 4 is 17.3 Å². The Bertz CT molecular complexity index is 1070. The summed E-state index contributed by atoms with van der Waals surface area (Å²) in [5.74, 6) is -2.02. The molecule has 3 nitrogen and oxygen atoms in total. The van der Waals surface area contributed by atoms with Crippen LogP contribution in [0.25, 0.3) is 11.1 Å². The Hall–Kier alpha value is -3.35. The molecule has 32 heavy (non-hydrogen) atoms. The Morgan fingerprint density at radius 3 is 2.06 bits per heavy atom. The van der Waals surface area contributed by atoms with Gasteiger partial charge in [0.2, 0.25) is 0 Å². The van der Waals surface area contributed by atoms with Crippen molar-refractivity contribution in [3.63, 3.8) is 0 Å². The summed E-state index contributed by atoms with van der Waals surface area (Å²) in [4.78, 5) is 12.0. The van der Waals surface area contributed by atoms with Gasteiger partial charge < -0.3 is 10.4 Å². The van der Waals surface area contributed by atoms with Crippen molar-refractivity contribution < 1.29 is 27.5 Å². The highest BCUT2D eigenvalue weighted by atomic mass is 19.4. The van der Waals surface area contributed by atoms with Gasteiger partial charge in [0, 0.05) is 11.4 Å². The number of alkyl halides is 3. The maximum absolute atomic E-state index is 13.2. The van der Waals surface area contributed by atoms with Crippen LogP contribution in [0.4, 0.5) is 28.9 Å². The summed E-state index contributed by atoms with van der Waals surface area (Å²) in [7, 11) is 0. The Morgan fingerprint density at radius 2 is 1.53 bits per heavy atom. The van der Waals surface area contributed by atoms with Crippen molar-refractivity contribution in [2.75, 3.05) is 5.32 Å². The molecule has 3 rings (SSSR count). The molecule has 1 atom stereocenters. The molecule has 7 heteroatoms. The second-order valence-corrected chi connectivity index (χ2v) is 8.07. The van der Waals surface area contributed by atoms with Crippen LogP contribution in [0.1, 0.15) is 37.3 Å². The van der Waals surface area contributed by atoms with Crippen molar-refractivity contribution in [1.82, 2.24) is 0 Å². The summed E-state index contributed by atoms with van der Waals surface area (Å²) in [6.07, 6.45) is -4.04. The third-order valence-electron chi connectivity index (χ3n) is 5.04. The number of carboxylic acids is 1. The molecule has 0 aromatic heterocycles. The fraction of sp³-hybridized carbons (Fsp3) is 0.240. The molecular weight excluding hydrogens is 422 g/mol. The van der Waals surface area contributed by atoms with E-state index >= 15 is 0 Å². The quantitative estimate of drug-likeness (QED) is 0.371. The highest BCUT2D eigenvalue weighted by molar-refractivity contribution is 5.80. The lowest BCUT2D eigenvalue weighted by molar-refractivity contribution is -0.139. The van der Waals surface area contributed by atoms with Gasteiger partial charge in [-0.05, 0) is 77.6 Å². The molecule has 0 aliphatic rings. The summed E-state index contributed by atoms with van der Waals surface area (Å²) < 4.78 is 52.0. The van der Waals surface area contributed by atoms with Gasteiger partial charge in [-0.1, -0.05) is 32.0 Å². The minimum atomic E-state index is -4.44. The average Bonchev–Trinajstić information content (AvgIpc) is 2.72. The van der Waals surface area contributed by atoms with Gasteiger partial charge in [-0.3, -0.25) is 4.79 Å². The van der Waals surface area contributed by atoms with Crippen molar-refractivity contribution in [3.8, 4) is 11.1 Å². The third kappa shape index (κ3) is 5.87. The molecule has 0 amide bonds. The maximum atomic E-state index is 13.2. The fourth-order valence-electron chi connectivity index (χ4n) is 3.49. The van der Waals surface area contributed by atoms with E-state index in [1.165, 1.54) is 24.3 Å². The average molecular weight is 445 g/mol. The van der Waals surface area contributed by atoms with Gasteiger partial charge in [0.1, 0.15) is 5.82 Å². The van der Waals surface area contributed by atoms with E-state index in [4.69, 9.17) is 0 Å². The third-order valence-corrected chi connectivity index (χ3v) is 5.04. The zero-order valence-electron chi connectivity index (χ0n) is 17.6. The van der Waals surface area contributed by atoms with Crippen LogP contribution in [0, 0.1) is 11.7 Å². The number of hydrogen-bond acceptors (Lipinski definition) is 2. The number of aliphatic carboxylic acids is 1. The minimum Gasteiger partial charge on any atom is -0.481 e. The first kappa shape index (κ1) is 23.3. The summed E-state index contributed by atoms with van der Waals surface area (Å²) in [6, 6.07) is 15.5. The molecule has 0 bridgehead atoms. The van der Waals surface area contributed by atoms with Gasteiger partial charge in [-0.25, -0.2) is 4.39 Å². The number of hydrogen-bond donors (Lipinski definition) is 2. The summed E-state index contributed by atoms with van der Waals surface area (Å²) in [5, 5.41) is 12.9. The first-order valence-corrected chi connectivity index (χ1v) is 10.1. The van der Waals surface area contributed by atoms with Crippen LogP contribution >= 0.6 is 0 Å². The zero-order chi connectivity index (χ0) is 23.5. The van der Waals surface area contributed by atoms with Crippen molar-refractivity contribution in [2.45, 2.75) is 32.4 Å². The van der Waals surface area contributed by atoms with E-state index in [0.29, 0.717) is 34.5 Å². The standard InChI is InChI=1S/C25H23F4NO2/c1-15(2)11-23(24(31)32)18-12-17(16-3-5-19(6-4-16)25(27,28)29)13-22(14-18)30-21-9-7-20(26)8-10-21/h3-10,12-15,23,30H,11H2,1-2H3,(H,31,32). The number of rotatable bonds is 7. The molecule has 0 fully saturated rings. The molecule has 0 spiro atoms. The van der Waals surface area contributed by atoms with Crippen LogP contribution in [0.2, 0.25) is 0 Å². The van der Waals surface area contributed by atoms with E-state index in [2.05, 4.69) is 5.32 Å². The highest BCUT2D eigenvalue weighted by Crippen LogP contribution is 2.35. The molecule has 1 unspecified atom stereocenters. The first-order valence-electron chi connectivity index (χ1n) is 10.1. The summed E-state index contributed by atoms with van der Waals surface area (Å²) in [5.41, 5.74) is 2.03. The van der Waals surface area contributed by atoms with E-state index in [-0.39, 0.29) is 5.92 Å². The lowest BCUT2D eigenvalue weighted by Gasteiger charge is -2.19. The lowest BCUT2D eigenvalue weighted by atomic mass is 9.88. The summed E-state index contributed by atoms with van der Waals surface area (Å²) in [6.45, 7) is 3.85.